The number of hydrogen-bond acceptors (Lipinski definition) is 8. The Balaban J connectivity index is 3.86. The first-order chi connectivity index (χ1) is 44.5. The van der Waals surface area contributed by atoms with Crippen LogP contribution in [-0.2, 0) is 32.7 Å². The summed E-state index contributed by atoms with van der Waals surface area (Å²) in [5.41, 5.74) is 0. The zero-order chi connectivity index (χ0) is 66.2. The molecule has 0 radical (unpaired) electrons. The first-order valence-corrected chi connectivity index (χ1v) is 42.4. The van der Waals surface area contributed by atoms with E-state index < -0.39 is 26.5 Å². The fourth-order valence-corrected chi connectivity index (χ4v) is 13.5. The Labute approximate surface area is 568 Å². The number of likely N-dealkylation sites (N-methyl/N-ethyl adjacent to an activating group) is 1. The average Bonchev–Trinajstić information content (AvgIpc) is 3.30. The van der Waals surface area contributed by atoms with Crippen LogP contribution in [0.4, 0.5) is 0 Å². The Hall–Kier alpha value is -1.25. The topological polar surface area (TPSA) is 111 Å². The molecule has 0 spiro atoms. The highest BCUT2D eigenvalue weighted by Gasteiger charge is 2.22. The Morgan fingerprint density at radius 3 is 0.813 bits per heavy atom. The van der Waals surface area contributed by atoms with Crippen molar-refractivity contribution in [2.45, 2.75) is 450 Å². The fourth-order valence-electron chi connectivity index (χ4n) is 12.8. The van der Waals surface area contributed by atoms with Gasteiger partial charge in [0.2, 0.25) is 0 Å². The second-order valence-electron chi connectivity index (χ2n) is 29.5. The zero-order valence-corrected chi connectivity index (χ0v) is 63.0. The number of phosphoric acid groups is 1. The molecule has 0 aliphatic rings. The fraction of sp³-hybridized carbons (Fsp3) is 0.951. The number of hydrogen-bond donors (Lipinski definition) is 0. The molecule has 0 rings (SSSR count). The molecular formula is C81H160NO8P. The van der Waals surface area contributed by atoms with Gasteiger partial charge in [0.05, 0.1) is 27.7 Å². The molecule has 9 nitrogen and oxygen atoms in total. The molecule has 10 heteroatoms. The lowest BCUT2D eigenvalue weighted by molar-refractivity contribution is -0.870. The predicted molar refractivity (Wildman–Crippen MR) is 393 cm³/mol. The number of phosphoric ester groups is 1. The molecule has 91 heavy (non-hydrogen) atoms. The second-order valence-corrected chi connectivity index (χ2v) is 30.9. The van der Waals surface area contributed by atoms with E-state index in [2.05, 4.69) is 26.0 Å². The number of carbonyl (C=O) groups is 2. The van der Waals surface area contributed by atoms with Gasteiger partial charge in [-0.1, -0.05) is 405 Å². The maximum absolute atomic E-state index is 12.9. The van der Waals surface area contributed by atoms with Crippen LogP contribution in [0.25, 0.3) is 0 Å². The zero-order valence-electron chi connectivity index (χ0n) is 62.1. The summed E-state index contributed by atoms with van der Waals surface area (Å²) in [4.78, 5) is 38.2. The summed E-state index contributed by atoms with van der Waals surface area (Å²) in [5, 5.41) is 0. The molecule has 0 aliphatic heterocycles. The van der Waals surface area contributed by atoms with Crippen LogP contribution in [0.15, 0.2) is 12.2 Å². The van der Waals surface area contributed by atoms with Gasteiger partial charge < -0.3 is 27.9 Å². The van der Waals surface area contributed by atoms with Gasteiger partial charge in [-0.15, -0.1) is 0 Å². The molecule has 2 atom stereocenters. The number of allylic oxidation sites excluding steroid dienone is 2. The molecule has 542 valence electrons. The van der Waals surface area contributed by atoms with E-state index in [4.69, 9.17) is 18.5 Å². The summed E-state index contributed by atoms with van der Waals surface area (Å²) in [6, 6.07) is 0. The maximum atomic E-state index is 12.9. The molecule has 0 amide bonds. The van der Waals surface area contributed by atoms with Gasteiger partial charge in [0.15, 0.2) is 6.10 Å². The lowest BCUT2D eigenvalue weighted by Gasteiger charge is -2.28. The van der Waals surface area contributed by atoms with Gasteiger partial charge in [0.25, 0.3) is 7.82 Å². The van der Waals surface area contributed by atoms with E-state index in [1.807, 2.05) is 21.1 Å². The number of quaternary nitrogens is 1. The predicted octanol–water partition coefficient (Wildman–Crippen LogP) is 26.4. The molecular weight excluding hydrogens is 1150 g/mol. The van der Waals surface area contributed by atoms with Crippen molar-refractivity contribution in [2.24, 2.45) is 0 Å². The van der Waals surface area contributed by atoms with Gasteiger partial charge in [-0.2, -0.15) is 0 Å². The summed E-state index contributed by atoms with van der Waals surface area (Å²) in [6.07, 6.45) is 92.1. The molecule has 0 saturated carbocycles. The smallest absolute Gasteiger partial charge is 0.306 e. The van der Waals surface area contributed by atoms with Crippen LogP contribution in [0.5, 0.6) is 0 Å². The van der Waals surface area contributed by atoms with Crippen molar-refractivity contribution in [3.05, 3.63) is 12.2 Å². The molecule has 0 bridgehead atoms. The van der Waals surface area contributed by atoms with Crippen molar-refractivity contribution in [3.8, 4) is 0 Å². The van der Waals surface area contributed by atoms with Crippen molar-refractivity contribution in [2.75, 3.05) is 47.5 Å². The molecule has 2 unspecified atom stereocenters. The van der Waals surface area contributed by atoms with Gasteiger partial charge in [0, 0.05) is 12.8 Å². The molecule has 0 fully saturated rings. The van der Waals surface area contributed by atoms with Gasteiger partial charge in [-0.3, -0.25) is 14.2 Å². The number of carbonyl (C=O) groups excluding carboxylic acids is 2. The normalized spacial score (nSPS) is 13.0. The van der Waals surface area contributed by atoms with Crippen molar-refractivity contribution in [1.29, 1.82) is 0 Å². The molecule has 0 N–H and O–H groups in total. The summed E-state index contributed by atoms with van der Waals surface area (Å²) < 4.78 is 34.4. The molecule has 0 saturated heterocycles. The molecule has 0 aromatic rings. The number of rotatable bonds is 78. The third kappa shape index (κ3) is 77.6. The first-order valence-electron chi connectivity index (χ1n) is 40.9. The van der Waals surface area contributed by atoms with Crippen LogP contribution < -0.4 is 4.89 Å². The average molecular weight is 1310 g/mol. The van der Waals surface area contributed by atoms with E-state index >= 15 is 0 Å². The van der Waals surface area contributed by atoms with Crippen LogP contribution >= 0.6 is 7.82 Å². The Morgan fingerprint density at radius 1 is 0.330 bits per heavy atom. The highest BCUT2D eigenvalue weighted by Crippen LogP contribution is 2.38. The third-order valence-corrected chi connectivity index (χ3v) is 20.0. The van der Waals surface area contributed by atoms with Crippen LogP contribution in [0.2, 0.25) is 0 Å². The quantitative estimate of drug-likeness (QED) is 0.0195. The summed E-state index contributed by atoms with van der Waals surface area (Å²) in [5.74, 6) is -0.802. The highest BCUT2D eigenvalue weighted by atomic mass is 31.2. The first kappa shape index (κ1) is 89.8. The Bertz CT molecular complexity index is 1540. The van der Waals surface area contributed by atoms with Crippen molar-refractivity contribution < 1.29 is 42.1 Å². The van der Waals surface area contributed by atoms with Crippen LogP contribution in [-0.4, -0.2) is 70.0 Å². The van der Waals surface area contributed by atoms with Crippen LogP contribution in [0, 0.1) is 0 Å². The minimum atomic E-state index is -4.64. The summed E-state index contributed by atoms with van der Waals surface area (Å²) in [7, 11) is 1.20. The maximum Gasteiger partial charge on any atom is 0.306 e. The van der Waals surface area contributed by atoms with Gasteiger partial charge in [-0.05, 0) is 38.5 Å². The molecule has 0 aromatic heterocycles. The van der Waals surface area contributed by atoms with Crippen LogP contribution in [0.1, 0.15) is 444 Å². The molecule has 0 aliphatic carbocycles. The summed E-state index contributed by atoms with van der Waals surface area (Å²) >= 11 is 0. The number of ether oxygens (including phenoxy) is 2. The Kier molecular flexibility index (Phi) is 72.0. The van der Waals surface area contributed by atoms with Gasteiger partial charge >= 0.3 is 11.9 Å². The van der Waals surface area contributed by atoms with E-state index in [-0.39, 0.29) is 32.0 Å². The van der Waals surface area contributed by atoms with Crippen LogP contribution in [0.3, 0.4) is 0 Å². The number of unbranched alkanes of at least 4 members (excludes halogenated alkanes) is 62. The largest absolute Gasteiger partial charge is 0.756 e. The Morgan fingerprint density at radius 2 is 0.560 bits per heavy atom. The van der Waals surface area contributed by atoms with E-state index in [1.165, 1.54) is 379 Å². The SMILES string of the molecule is CCCCCCCCCC/C=C\CCCCCCCCCCCCCCCCCCCCCCCCCCCCCC(=O)OC(COC(=O)CCCCCCCCCCCCCCCCCCCCCCCCCCCCCC)COP(=O)([O-])OCC[N+](C)(C)C. The number of nitrogens with zero attached hydrogens (tertiary/aromatic N) is 1. The van der Waals surface area contributed by atoms with Crippen molar-refractivity contribution in [3.63, 3.8) is 0 Å². The minimum Gasteiger partial charge on any atom is -0.756 e. The van der Waals surface area contributed by atoms with E-state index in [1.54, 1.807) is 0 Å². The molecule has 0 heterocycles. The van der Waals surface area contributed by atoms with E-state index in [0.29, 0.717) is 17.4 Å². The van der Waals surface area contributed by atoms with Gasteiger partial charge in [-0.25, -0.2) is 0 Å². The van der Waals surface area contributed by atoms with E-state index in [0.717, 1.165) is 32.1 Å². The van der Waals surface area contributed by atoms with Crippen molar-refractivity contribution >= 4 is 19.8 Å². The van der Waals surface area contributed by atoms with E-state index in [9.17, 15) is 19.0 Å². The standard InChI is InChI=1S/C81H160NO8P/c1-6-8-10-12-14-16-18-20-22-24-26-28-30-32-34-36-37-38-39-40-41-42-43-44-45-46-48-50-52-54-56-58-60-62-64-66-68-70-72-74-81(84)90-79(78-89-91(85,86)88-76-75-82(3,4)5)77-87-80(83)73-71-69-67-65-63-61-59-57-55-53-51-49-47-35-33-31-29-27-25-23-21-19-17-15-13-11-9-7-2/h24,26,79H,6-23,25,27-78H2,1-5H3/b26-24-. The number of esters is 2. The summed E-state index contributed by atoms with van der Waals surface area (Å²) in [6.45, 7) is 4.34. The lowest BCUT2D eigenvalue weighted by Crippen LogP contribution is -2.37. The lowest BCUT2D eigenvalue weighted by atomic mass is 10.0. The minimum absolute atomic E-state index is 0.0253. The second kappa shape index (κ2) is 73.0. The third-order valence-electron chi connectivity index (χ3n) is 19.0. The van der Waals surface area contributed by atoms with Gasteiger partial charge in [0.1, 0.15) is 19.8 Å². The molecule has 0 aromatic carbocycles. The monoisotopic (exact) mass is 1310 g/mol. The highest BCUT2D eigenvalue weighted by molar-refractivity contribution is 7.45. The van der Waals surface area contributed by atoms with Crippen molar-refractivity contribution in [1.82, 2.24) is 0 Å².